The molecule has 1 unspecified atom stereocenters. The Balaban J connectivity index is 2.13. The van der Waals surface area contributed by atoms with E-state index in [2.05, 4.69) is 15.3 Å². The number of nitrogens with zero attached hydrogens (tertiary/aromatic N) is 2. The number of rotatable bonds is 2. The minimum absolute atomic E-state index is 0.0817. The Morgan fingerprint density at radius 1 is 1.53 bits per heavy atom. The van der Waals surface area contributed by atoms with Crippen LogP contribution in [0.2, 0.25) is 0 Å². The lowest BCUT2D eigenvalue weighted by atomic mass is 10.2. The molecule has 0 aliphatic carbocycles. The fourth-order valence-corrected chi connectivity index (χ4v) is 3.57. The second kappa shape index (κ2) is 4.48. The number of aromatic nitrogens is 2. The quantitative estimate of drug-likeness (QED) is 0.792. The van der Waals surface area contributed by atoms with Crippen LogP contribution in [-0.4, -0.2) is 35.9 Å². The summed E-state index contributed by atoms with van der Waals surface area (Å²) in [6.07, 6.45) is 3.16. The molecule has 0 aromatic carbocycles. The molecule has 1 atom stereocenters. The van der Waals surface area contributed by atoms with Crippen molar-refractivity contribution in [1.29, 1.82) is 0 Å². The maximum atomic E-state index is 11.5. The van der Waals surface area contributed by atoms with Crippen molar-refractivity contribution >= 4 is 21.6 Å². The summed E-state index contributed by atoms with van der Waals surface area (Å²) in [4.78, 5) is 7.94. The molecule has 2 rings (SSSR count). The third-order valence-corrected chi connectivity index (χ3v) is 4.62. The monoisotopic (exact) mass is 256 g/mol. The highest BCUT2D eigenvalue weighted by Crippen LogP contribution is 2.18. The number of hydrogen-bond donors (Lipinski definition) is 2. The summed E-state index contributed by atoms with van der Waals surface area (Å²) in [7, 11) is -2.91. The Labute approximate surface area is 101 Å². The zero-order valence-corrected chi connectivity index (χ0v) is 10.5. The molecule has 6 nitrogen and oxygen atoms in total. The summed E-state index contributed by atoms with van der Waals surface area (Å²) >= 11 is 0. The van der Waals surface area contributed by atoms with E-state index < -0.39 is 9.84 Å². The van der Waals surface area contributed by atoms with Crippen LogP contribution in [0, 0.1) is 6.92 Å². The number of nitrogen functional groups attached to an aromatic ring is 1. The molecule has 1 saturated heterocycles. The Morgan fingerprint density at radius 2 is 2.29 bits per heavy atom. The fourth-order valence-electron chi connectivity index (χ4n) is 1.93. The lowest BCUT2D eigenvalue weighted by molar-refractivity contribution is 0.561. The molecule has 0 spiro atoms. The minimum atomic E-state index is -2.91. The predicted molar refractivity (Wildman–Crippen MR) is 66.5 cm³/mol. The van der Waals surface area contributed by atoms with E-state index in [1.165, 1.54) is 0 Å². The Bertz CT molecular complexity index is 515. The molecule has 1 fully saturated rings. The number of anilines is 2. The van der Waals surface area contributed by atoms with E-state index in [-0.39, 0.29) is 23.5 Å². The molecule has 3 N–H and O–H groups in total. The molecule has 0 saturated carbocycles. The van der Waals surface area contributed by atoms with Gasteiger partial charge in [0.15, 0.2) is 9.84 Å². The molecule has 0 amide bonds. The van der Waals surface area contributed by atoms with Crippen molar-refractivity contribution < 1.29 is 8.42 Å². The van der Waals surface area contributed by atoms with Crippen LogP contribution in [0.4, 0.5) is 11.8 Å². The van der Waals surface area contributed by atoms with Gasteiger partial charge in [0.05, 0.1) is 11.5 Å². The summed E-state index contributed by atoms with van der Waals surface area (Å²) in [5.41, 5.74) is 6.37. The van der Waals surface area contributed by atoms with Crippen LogP contribution < -0.4 is 11.1 Å². The van der Waals surface area contributed by atoms with Crippen LogP contribution >= 0.6 is 0 Å². The summed E-state index contributed by atoms with van der Waals surface area (Å²) in [6.45, 7) is 1.86. The zero-order valence-electron chi connectivity index (χ0n) is 9.68. The Kier molecular flexibility index (Phi) is 3.19. The molecule has 94 valence electrons. The number of aryl methyl sites for hydroxylation is 1. The van der Waals surface area contributed by atoms with Gasteiger partial charge >= 0.3 is 0 Å². The summed E-state index contributed by atoms with van der Waals surface area (Å²) in [6, 6.07) is -0.0817. The molecular weight excluding hydrogens is 240 g/mol. The van der Waals surface area contributed by atoms with Crippen LogP contribution in [0.3, 0.4) is 0 Å². The fraction of sp³-hybridized carbons (Fsp3) is 0.600. The van der Waals surface area contributed by atoms with E-state index in [0.29, 0.717) is 12.2 Å². The van der Waals surface area contributed by atoms with Crippen molar-refractivity contribution in [3.05, 3.63) is 11.8 Å². The molecule has 17 heavy (non-hydrogen) atoms. The Hall–Kier alpha value is -1.37. The minimum Gasteiger partial charge on any atom is -0.368 e. The number of nitrogens with two attached hydrogens (primary N) is 1. The maximum Gasteiger partial charge on any atom is 0.221 e. The maximum absolute atomic E-state index is 11.5. The molecule has 1 aromatic rings. The average molecular weight is 256 g/mol. The summed E-state index contributed by atoms with van der Waals surface area (Å²) in [5, 5.41) is 3.14. The van der Waals surface area contributed by atoms with E-state index in [0.717, 1.165) is 12.0 Å². The van der Waals surface area contributed by atoms with Gasteiger partial charge in [-0.15, -0.1) is 0 Å². The molecule has 7 heteroatoms. The first-order valence-corrected chi connectivity index (χ1v) is 7.34. The van der Waals surface area contributed by atoms with Crippen molar-refractivity contribution in [2.45, 2.75) is 25.8 Å². The van der Waals surface area contributed by atoms with Crippen LogP contribution in [0.1, 0.15) is 18.4 Å². The first kappa shape index (κ1) is 12.1. The van der Waals surface area contributed by atoms with E-state index in [1.807, 2.05) is 6.92 Å². The number of nitrogens with one attached hydrogen (secondary N) is 1. The highest BCUT2D eigenvalue weighted by molar-refractivity contribution is 7.91. The first-order valence-electron chi connectivity index (χ1n) is 5.52. The van der Waals surface area contributed by atoms with Gasteiger partial charge in [0.1, 0.15) is 5.82 Å². The van der Waals surface area contributed by atoms with E-state index in [1.54, 1.807) is 6.20 Å². The van der Waals surface area contributed by atoms with E-state index in [9.17, 15) is 8.42 Å². The van der Waals surface area contributed by atoms with Crippen LogP contribution in [0.15, 0.2) is 6.20 Å². The van der Waals surface area contributed by atoms with Gasteiger partial charge in [-0.05, 0) is 19.8 Å². The second-order valence-electron chi connectivity index (χ2n) is 4.36. The predicted octanol–water partition coefficient (Wildman–Crippen LogP) is 0.356. The van der Waals surface area contributed by atoms with Crippen molar-refractivity contribution in [3.8, 4) is 0 Å². The van der Waals surface area contributed by atoms with E-state index in [4.69, 9.17) is 5.73 Å². The number of hydrogen-bond acceptors (Lipinski definition) is 6. The third-order valence-electron chi connectivity index (χ3n) is 2.79. The Morgan fingerprint density at radius 3 is 3.00 bits per heavy atom. The first-order chi connectivity index (χ1) is 7.96. The standard InChI is InChI=1S/C10H16N4O2S/c1-7-5-12-10(11)14-9(7)13-8-3-2-4-17(15,16)6-8/h5,8H,2-4,6H2,1H3,(H3,11,12,13,14). The largest absolute Gasteiger partial charge is 0.368 e. The molecule has 1 aliphatic rings. The van der Waals surface area contributed by atoms with Crippen molar-refractivity contribution in [3.63, 3.8) is 0 Å². The SMILES string of the molecule is Cc1cnc(N)nc1NC1CCCS(=O)(=O)C1. The van der Waals surface area contributed by atoms with Crippen LogP contribution in [0.5, 0.6) is 0 Å². The summed E-state index contributed by atoms with van der Waals surface area (Å²) < 4.78 is 23.0. The van der Waals surface area contributed by atoms with Crippen LogP contribution in [0.25, 0.3) is 0 Å². The highest BCUT2D eigenvalue weighted by Gasteiger charge is 2.25. The normalized spacial score (nSPS) is 23.2. The number of sulfone groups is 1. The van der Waals surface area contributed by atoms with Gasteiger partial charge in [-0.2, -0.15) is 4.98 Å². The topological polar surface area (TPSA) is 98.0 Å². The molecule has 0 bridgehead atoms. The van der Waals surface area contributed by atoms with Crippen molar-refractivity contribution in [1.82, 2.24) is 9.97 Å². The van der Waals surface area contributed by atoms with Crippen LogP contribution in [-0.2, 0) is 9.84 Å². The van der Waals surface area contributed by atoms with Gasteiger partial charge in [-0.3, -0.25) is 0 Å². The second-order valence-corrected chi connectivity index (χ2v) is 6.59. The highest BCUT2D eigenvalue weighted by atomic mass is 32.2. The molecular formula is C10H16N4O2S. The molecule has 1 aromatic heterocycles. The van der Waals surface area contributed by atoms with Crippen molar-refractivity contribution in [2.24, 2.45) is 0 Å². The van der Waals surface area contributed by atoms with Gasteiger partial charge in [-0.1, -0.05) is 0 Å². The molecule has 0 radical (unpaired) electrons. The third kappa shape index (κ3) is 3.06. The molecule has 2 heterocycles. The van der Waals surface area contributed by atoms with Gasteiger partial charge in [0.2, 0.25) is 5.95 Å². The van der Waals surface area contributed by atoms with Crippen molar-refractivity contribution in [2.75, 3.05) is 22.6 Å². The van der Waals surface area contributed by atoms with E-state index >= 15 is 0 Å². The van der Waals surface area contributed by atoms with Gasteiger partial charge in [0, 0.05) is 17.8 Å². The molecule has 1 aliphatic heterocycles. The van der Waals surface area contributed by atoms with Gasteiger partial charge < -0.3 is 11.1 Å². The lowest BCUT2D eigenvalue weighted by Gasteiger charge is -2.24. The lowest BCUT2D eigenvalue weighted by Crippen LogP contribution is -2.35. The van der Waals surface area contributed by atoms with Gasteiger partial charge in [-0.25, -0.2) is 13.4 Å². The average Bonchev–Trinajstić information content (AvgIpc) is 2.22. The smallest absolute Gasteiger partial charge is 0.221 e. The van der Waals surface area contributed by atoms with Gasteiger partial charge in [0.25, 0.3) is 0 Å². The zero-order chi connectivity index (χ0) is 12.5. The summed E-state index contributed by atoms with van der Waals surface area (Å²) in [5.74, 6) is 1.27.